The average molecular weight is 327 g/mol. The van der Waals surface area contributed by atoms with Gasteiger partial charge in [-0.3, -0.25) is 4.79 Å². The standard InChI is InChI=1S/C20H25NO3/c1-5-16-8-6-7-9-19(16)24-15(4)20(22)21-17-10-12-18(13-11-17)23-14(2)3/h6-15H,5H2,1-4H3,(H,21,22)/t15-/m0/s1. The maximum absolute atomic E-state index is 12.3. The lowest BCUT2D eigenvalue weighted by Gasteiger charge is -2.17. The molecule has 1 N–H and O–H groups in total. The molecule has 0 fully saturated rings. The highest BCUT2D eigenvalue weighted by Gasteiger charge is 2.16. The van der Waals surface area contributed by atoms with Crippen LogP contribution in [0.4, 0.5) is 5.69 Å². The van der Waals surface area contributed by atoms with E-state index < -0.39 is 6.10 Å². The fraction of sp³-hybridized carbons (Fsp3) is 0.350. The molecule has 1 atom stereocenters. The number of carbonyl (C=O) groups excluding carboxylic acids is 1. The van der Waals surface area contributed by atoms with E-state index in [1.165, 1.54) is 0 Å². The van der Waals surface area contributed by atoms with E-state index in [4.69, 9.17) is 9.47 Å². The molecule has 1 amide bonds. The Morgan fingerprint density at radius 3 is 2.29 bits per heavy atom. The van der Waals surface area contributed by atoms with E-state index in [1.807, 2.05) is 62.4 Å². The highest BCUT2D eigenvalue weighted by molar-refractivity contribution is 5.94. The molecule has 24 heavy (non-hydrogen) atoms. The predicted octanol–water partition coefficient (Wildman–Crippen LogP) is 4.44. The molecule has 0 unspecified atom stereocenters. The summed E-state index contributed by atoms with van der Waals surface area (Å²) in [6.07, 6.45) is 0.406. The summed E-state index contributed by atoms with van der Waals surface area (Å²) in [6.45, 7) is 7.76. The number of hydrogen-bond donors (Lipinski definition) is 1. The van der Waals surface area contributed by atoms with Crippen molar-refractivity contribution >= 4 is 11.6 Å². The zero-order valence-corrected chi connectivity index (χ0v) is 14.7. The van der Waals surface area contributed by atoms with Gasteiger partial charge in [-0.15, -0.1) is 0 Å². The molecule has 128 valence electrons. The number of rotatable bonds is 7. The van der Waals surface area contributed by atoms with Crippen LogP contribution < -0.4 is 14.8 Å². The number of aryl methyl sites for hydroxylation is 1. The van der Waals surface area contributed by atoms with E-state index in [2.05, 4.69) is 12.2 Å². The van der Waals surface area contributed by atoms with Gasteiger partial charge in [-0.2, -0.15) is 0 Å². The molecular formula is C20H25NO3. The van der Waals surface area contributed by atoms with Gasteiger partial charge < -0.3 is 14.8 Å². The van der Waals surface area contributed by atoms with Crippen molar-refractivity contribution in [2.75, 3.05) is 5.32 Å². The molecular weight excluding hydrogens is 302 g/mol. The van der Waals surface area contributed by atoms with Crippen LogP contribution >= 0.6 is 0 Å². The van der Waals surface area contributed by atoms with Gasteiger partial charge in [0, 0.05) is 5.69 Å². The molecule has 0 saturated carbocycles. The molecule has 0 heterocycles. The van der Waals surface area contributed by atoms with Gasteiger partial charge in [0.25, 0.3) is 5.91 Å². The van der Waals surface area contributed by atoms with Gasteiger partial charge in [0.2, 0.25) is 0 Å². The van der Waals surface area contributed by atoms with Crippen LogP contribution in [-0.2, 0) is 11.2 Å². The predicted molar refractivity (Wildman–Crippen MR) is 96.7 cm³/mol. The molecule has 0 aliphatic rings. The summed E-state index contributed by atoms with van der Waals surface area (Å²) in [5.41, 5.74) is 1.81. The van der Waals surface area contributed by atoms with Crippen molar-refractivity contribution in [1.29, 1.82) is 0 Å². The summed E-state index contributed by atoms with van der Waals surface area (Å²) in [5, 5.41) is 2.86. The van der Waals surface area contributed by atoms with E-state index in [9.17, 15) is 4.79 Å². The Morgan fingerprint density at radius 2 is 1.67 bits per heavy atom. The second-order valence-corrected chi connectivity index (χ2v) is 5.90. The van der Waals surface area contributed by atoms with Crippen LogP contribution in [0.5, 0.6) is 11.5 Å². The smallest absolute Gasteiger partial charge is 0.265 e. The number of para-hydroxylation sites is 1. The third kappa shape index (κ3) is 5.01. The number of carbonyl (C=O) groups is 1. The quantitative estimate of drug-likeness (QED) is 0.817. The SMILES string of the molecule is CCc1ccccc1O[C@@H](C)C(=O)Nc1ccc(OC(C)C)cc1. The van der Waals surface area contributed by atoms with Crippen molar-refractivity contribution in [2.24, 2.45) is 0 Å². The minimum Gasteiger partial charge on any atom is -0.491 e. The number of ether oxygens (including phenoxy) is 2. The Labute approximate surface area is 143 Å². The summed E-state index contributed by atoms with van der Waals surface area (Å²) in [7, 11) is 0. The highest BCUT2D eigenvalue weighted by Crippen LogP contribution is 2.21. The van der Waals surface area contributed by atoms with E-state index in [0.717, 1.165) is 29.2 Å². The average Bonchev–Trinajstić information content (AvgIpc) is 2.56. The van der Waals surface area contributed by atoms with Crippen molar-refractivity contribution in [3.63, 3.8) is 0 Å². The molecule has 0 radical (unpaired) electrons. The molecule has 0 aromatic heterocycles. The van der Waals surface area contributed by atoms with E-state index >= 15 is 0 Å². The molecule has 2 rings (SSSR count). The van der Waals surface area contributed by atoms with Crippen LogP contribution in [-0.4, -0.2) is 18.1 Å². The summed E-state index contributed by atoms with van der Waals surface area (Å²) in [5.74, 6) is 1.35. The fourth-order valence-corrected chi connectivity index (χ4v) is 2.29. The first-order valence-corrected chi connectivity index (χ1v) is 8.31. The van der Waals surface area contributed by atoms with Crippen molar-refractivity contribution in [2.45, 2.75) is 46.3 Å². The topological polar surface area (TPSA) is 47.6 Å². The van der Waals surface area contributed by atoms with Gasteiger partial charge in [0.15, 0.2) is 6.10 Å². The first kappa shape index (κ1) is 17.9. The Morgan fingerprint density at radius 1 is 1.00 bits per heavy atom. The largest absolute Gasteiger partial charge is 0.491 e. The maximum Gasteiger partial charge on any atom is 0.265 e. The molecule has 0 saturated heterocycles. The first-order valence-electron chi connectivity index (χ1n) is 8.31. The van der Waals surface area contributed by atoms with Gasteiger partial charge in [-0.25, -0.2) is 0 Å². The number of hydrogen-bond acceptors (Lipinski definition) is 3. The lowest BCUT2D eigenvalue weighted by Crippen LogP contribution is -2.30. The summed E-state index contributed by atoms with van der Waals surface area (Å²) < 4.78 is 11.4. The van der Waals surface area contributed by atoms with Crippen LogP contribution in [0.15, 0.2) is 48.5 Å². The number of nitrogens with one attached hydrogen (secondary N) is 1. The van der Waals surface area contributed by atoms with Crippen LogP contribution in [0.1, 0.15) is 33.3 Å². The molecule has 4 nitrogen and oxygen atoms in total. The normalized spacial score (nSPS) is 11.9. The number of amides is 1. The zero-order chi connectivity index (χ0) is 17.5. The van der Waals surface area contributed by atoms with Crippen molar-refractivity contribution in [3.8, 4) is 11.5 Å². The van der Waals surface area contributed by atoms with Crippen molar-refractivity contribution < 1.29 is 14.3 Å². The third-order valence-corrected chi connectivity index (χ3v) is 3.52. The van der Waals surface area contributed by atoms with E-state index in [0.29, 0.717) is 0 Å². The van der Waals surface area contributed by atoms with Gasteiger partial charge in [-0.05, 0) is 63.1 Å². The summed E-state index contributed by atoms with van der Waals surface area (Å²) in [4.78, 5) is 12.3. The Bertz CT molecular complexity index is 665. The monoisotopic (exact) mass is 327 g/mol. The Hall–Kier alpha value is -2.49. The summed E-state index contributed by atoms with van der Waals surface area (Å²) in [6, 6.07) is 15.1. The molecule has 2 aromatic carbocycles. The minimum absolute atomic E-state index is 0.123. The maximum atomic E-state index is 12.3. The van der Waals surface area contributed by atoms with Crippen LogP contribution in [0, 0.1) is 0 Å². The van der Waals surface area contributed by atoms with Crippen molar-refractivity contribution in [1.82, 2.24) is 0 Å². The second-order valence-electron chi connectivity index (χ2n) is 5.90. The third-order valence-electron chi connectivity index (χ3n) is 3.52. The Kier molecular flexibility index (Phi) is 6.24. The van der Waals surface area contributed by atoms with E-state index in [1.54, 1.807) is 6.92 Å². The number of benzene rings is 2. The molecule has 0 aliphatic carbocycles. The number of anilines is 1. The second kappa shape index (κ2) is 8.39. The van der Waals surface area contributed by atoms with Crippen LogP contribution in [0.2, 0.25) is 0 Å². The Balaban J connectivity index is 1.96. The van der Waals surface area contributed by atoms with E-state index in [-0.39, 0.29) is 12.0 Å². The van der Waals surface area contributed by atoms with Gasteiger partial charge in [-0.1, -0.05) is 25.1 Å². The molecule has 4 heteroatoms. The highest BCUT2D eigenvalue weighted by atomic mass is 16.5. The molecule has 2 aromatic rings. The minimum atomic E-state index is -0.579. The molecule has 0 bridgehead atoms. The van der Waals surface area contributed by atoms with Crippen LogP contribution in [0.3, 0.4) is 0 Å². The fourth-order valence-electron chi connectivity index (χ4n) is 2.29. The molecule has 0 spiro atoms. The molecule has 0 aliphatic heterocycles. The zero-order valence-electron chi connectivity index (χ0n) is 14.7. The summed E-state index contributed by atoms with van der Waals surface area (Å²) >= 11 is 0. The van der Waals surface area contributed by atoms with Gasteiger partial charge in [0.1, 0.15) is 11.5 Å². The van der Waals surface area contributed by atoms with Gasteiger partial charge in [0.05, 0.1) is 6.10 Å². The van der Waals surface area contributed by atoms with Crippen LogP contribution in [0.25, 0.3) is 0 Å². The first-order chi connectivity index (χ1) is 11.5. The van der Waals surface area contributed by atoms with Gasteiger partial charge >= 0.3 is 0 Å². The van der Waals surface area contributed by atoms with Crippen molar-refractivity contribution in [3.05, 3.63) is 54.1 Å². The lowest BCUT2D eigenvalue weighted by molar-refractivity contribution is -0.122. The lowest BCUT2D eigenvalue weighted by atomic mass is 10.1.